The van der Waals surface area contributed by atoms with Crippen LogP contribution in [0.4, 0.5) is 0 Å². The third-order valence-corrected chi connectivity index (χ3v) is 17.1. The smallest absolute Gasteiger partial charge is 0.462 e. The first kappa shape index (κ1) is 82.1. The van der Waals surface area contributed by atoms with Crippen molar-refractivity contribution in [2.24, 2.45) is 23.7 Å². The molecule has 0 rings (SSSR count). The minimum atomic E-state index is -4.95. The van der Waals surface area contributed by atoms with E-state index in [2.05, 4.69) is 55.4 Å². The summed E-state index contributed by atoms with van der Waals surface area (Å²) in [5, 5.41) is 10.5. The molecule has 0 fully saturated rings. The third-order valence-electron chi connectivity index (χ3n) is 15.2. The maximum atomic E-state index is 13.0. The first-order valence-corrected chi connectivity index (χ1v) is 36.7. The van der Waals surface area contributed by atoms with Crippen molar-refractivity contribution in [1.29, 1.82) is 0 Å². The molecule has 0 radical (unpaired) electrons. The highest BCUT2D eigenvalue weighted by molar-refractivity contribution is 7.47. The van der Waals surface area contributed by atoms with Gasteiger partial charge in [-0.2, -0.15) is 0 Å². The average molecular weight is 1240 g/mol. The topological polar surface area (TPSA) is 237 Å². The molecule has 0 saturated carbocycles. The number of unbranched alkanes of at least 4 members (excludes halogenated alkanes) is 27. The molecular formula is C65H126O17P2. The molecule has 0 aliphatic carbocycles. The number of ether oxygens (including phenoxy) is 4. The van der Waals surface area contributed by atoms with Gasteiger partial charge in [-0.1, -0.05) is 261 Å². The van der Waals surface area contributed by atoms with Gasteiger partial charge in [-0.3, -0.25) is 37.3 Å². The molecule has 6 atom stereocenters. The molecule has 0 saturated heterocycles. The average Bonchev–Trinajstić information content (AvgIpc) is 3.49. The van der Waals surface area contributed by atoms with Crippen molar-refractivity contribution >= 4 is 39.5 Å². The van der Waals surface area contributed by atoms with Crippen LogP contribution in [0.5, 0.6) is 0 Å². The molecule has 0 aromatic heterocycles. The van der Waals surface area contributed by atoms with E-state index in [1.54, 1.807) is 0 Å². The van der Waals surface area contributed by atoms with Gasteiger partial charge in [0, 0.05) is 25.7 Å². The van der Waals surface area contributed by atoms with E-state index in [1.807, 2.05) is 0 Å². The lowest BCUT2D eigenvalue weighted by molar-refractivity contribution is -0.161. The molecule has 0 aliphatic rings. The summed E-state index contributed by atoms with van der Waals surface area (Å²) in [6, 6.07) is 0. The molecule has 19 heteroatoms. The second kappa shape index (κ2) is 55.2. The van der Waals surface area contributed by atoms with Gasteiger partial charge in [0.1, 0.15) is 19.3 Å². The zero-order chi connectivity index (χ0) is 62.5. The van der Waals surface area contributed by atoms with Gasteiger partial charge < -0.3 is 33.8 Å². The van der Waals surface area contributed by atoms with Crippen LogP contribution in [0.15, 0.2) is 0 Å². The lowest BCUT2D eigenvalue weighted by Crippen LogP contribution is -2.30. The van der Waals surface area contributed by atoms with Crippen LogP contribution < -0.4 is 0 Å². The van der Waals surface area contributed by atoms with Crippen molar-refractivity contribution < 1.29 is 80.2 Å². The molecule has 3 N–H and O–H groups in total. The van der Waals surface area contributed by atoms with Crippen LogP contribution in [0.2, 0.25) is 0 Å². The van der Waals surface area contributed by atoms with Gasteiger partial charge in [-0.15, -0.1) is 0 Å². The van der Waals surface area contributed by atoms with Crippen molar-refractivity contribution in [3.8, 4) is 0 Å². The first-order valence-electron chi connectivity index (χ1n) is 33.7. The van der Waals surface area contributed by atoms with E-state index in [9.17, 15) is 43.2 Å². The molecule has 0 aromatic carbocycles. The van der Waals surface area contributed by atoms with E-state index in [4.69, 9.17) is 37.0 Å². The van der Waals surface area contributed by atoms with Gasteiger partial charge in [-0.05, 0) is 49.4 Å². The maximum Gasteiger partial charge on any atom is 0.472 e. The number of aliphatic hydroxyl groups excluding tert-OH is 1. The van der Waals surface area contributed by atoms with E-state index in [0.29, 0.717) is 37.5 Å². The van der Waals surface area contributed by atoms with Crippen LogP contribution in [0, 0.1) is 23.7 Å². The maximum absolute atomic E-state index is 13.0. The second-order valence-corrected chi connectivity index (χ2v) is 28.1. The Labute approximate surface area is 511 Å². The summed E-state index contributed by atoms with van der Waals surface area (Å²) in [7, 11) is -9.89. The monoisotopic (exact) mass is 1240 g/mol. The van der Waals surface area contributed by atoms with E-state index >= 15 is 0 Å². The minimum Gasteiger partial charge on any atom is -0.462 e. The van der Waals surface area contributed by atoms with Crippen LogP contribution in [-0.4, -0.2) is 96.7 Å². The molecular weight excluding hydrogens is 1110 g/mol. The van der Waals surface area contributed by atoms with Gasteiger partial charge in [0.05, 0.1) is 26.4 Å². The predicted molar refractivity (Wildman–Crippen MR) is 335 cm³/mol. The molecule has 0 amide bonds. The largest absolute Gasteiger partial charge is 0.472 e. The van der Waals surface area contributed by atoms with Crippen molar-refractivity contribution in [2.75, 3.05) is 39.6 Å². The van der Waals surface area contributed by atoms with Crippen molar-refractivity contribution in [3.05, 3.63) is 0 Å². The summed E-state index contributed by atoms with van der Waals surface area (Å²) in [6.45, 7) is 14.0. The van der Waals surface area contributed by atoms with Gasteiger partial charge in [0.2, 0.25) is 0 Å². The van der Waals surface area contributed by atoms with Crippen LogP contribution >= 0.6 is 15.6 Å². The zero-order valence-electron chi connectivity index (χ0n) is 54.5. The molecule has 84 heavy (non-hydrogen) atoms. The Hall–Kier alpha value is -1.94. The normalized spacial score (nSPS) is 14.7. The van der Waals surface area contributed by atoms with Gasteiger partial charge in [0.15, 0.2) is 12.2 Å². The number of hydrogen-bond acceptors (Lipinski definition) is 15. The molecule has 498 valence electrons. The number of rotatable bonds is 62. The fourth-order valence-electron chi connectivity index (χ4n) is 9.57. The lowest BCUT2D eigenvalue weighted by atomic mass is 9.99. The molecule has 4 unspecified atom stereocenters. The fraction of sp³-hybridized carbons (Fsp3) is 0.938. The summed E-state index contributed by atoms with van der Waals surface area (Å²) in [5.41, 5.74) is 0. The van der Waals surface area contributed by atoms with Crippen LogP contribution in [-0.2, 0) is 65.4 Å². The minimum absolute atomic E-state index is 0.102. The first-order chi connectivity index (χ1) is 40.1. The van der Waals surface area contributed by atoms with Crippen LogP contribution in [0.25, 0.3) is 0 Å². The summed E-state index contributed by atoms with van der Waals surface area (Å²) in [5.74, 6) is 0.775. The van der Waals surface area contributed by atoms with E-state index < -0.39 is 97.5 Å². The number of phosphoric ester groups is 2. The third kappa shape index (κ3) is 57.8. The number of aliphatic hydroxyl groups is 1. The highest BCUT2D eigenvalue weighted by Crippen LogP contribution is 2.45. The molecule has 0 aromatic rings. The highest BCUT2D eigenvalue weighted by atomic mass is 31.2. The SMILES string of the molecule is CCC(C)CCCCCCCCCCC(=O)OC[C@H](COP(=O)(O)OCC(O)COP(=O)(O)OC[C@@H](COC(=O)CCCCCCCCCC(C)C)OC(=O)CCCCCCCCCC(C)C)OC(=O)CCCCCCCCCCCC(C)C. The number of esters is 4. The Morgan fingerprint density at radius 2 is 0.571 bits per heavy atom. The summed E-state index contributed by atoms with van der Waals surface area (Å²) in [4.78, 5) is 72.3. The Balaban J connectivity index is 5.26. The molecule has 17 nitrogen and oxygen atoms in total. The summed E-state index contributed by atoms with van der Waals surface area (Å²) < 4.78 is 68.0. The molecule has 0 heterocycles. The van der Waals surface area contributed by atoms with Gasteiger partial charge in [0.25, 0.3) is 0 Å². The van der Waals surface area contributed by atoms with E-state index in [-0.39, 0.29) is 25.7 Å². The summed E-state index contributed by atoms with van der Waals surface area (Å²) >= 11 is 0. The quantitative estimate of drug-likeness (QED) is 0.0222. The molecule has 0 bridgehead atoms. The molecule has 0 spiro atoms. The fourth-order valence-corrected chi connectivity index (χ4v) is 11.2. The Bertz CT molecular complexity index is 1680. The van der Waals surface area contributed by atoms with Crippen molar-refractivity contribution in [1.82, 2.24) is 0 Å². The van der Waals surface area contributed by atoms with Crippen LogP contribution in [0.1, 0.15) is 312 Å². The van der Waals surface area contributed by atoms with Crippen molar-refractivity contribution in [2.45, 2.75) is 331 Å². The zero-order valence-corrected chi connectivity index (χ0v) is 56.3. The van der Waals surface area contributed by atoms with Crippen molar-refractivity contribution in [3.63, 3.8) is 0 Å². The Morgan fingerprint density at radius 3 is 0.845 bits per heavy atom. The Kier molecular flexibility index (Phi) is 53.9. The second-order valence-electron chi connectivity index (χ2n) is 25.2. The number of carbonyl (C=O) groups excluding carboxylic acids is 4. The highest BCUT2D eigenvalue weighted by Gasteiger charge is 2.30. The Morgan fingerprint density at radius 1 is 0.333 bits per heavy atom. The predicted octanol–water partition coefficient (Wildman–Crippen LogP) is 17.8. The number of hydrogen-bond donors (Lipinski definition) is 3. The standard InChI is InChI=1S/C65H126O17P2/c1-9-58(8)44-36-28-20-13-14-21-29-37-45-62(67)75-51-60(81-64(69)47-39-31-22-12-10-11-17-25-33-41-55(2)3)53-79-83(71,72)77-49-59(66)50-78-84(73,74)80-54-61(82-65(70)48-40-32-24-16-19-27-35-43-57(6)7)52-76-63(68)46-38-30-23-15-18-26-34-42-56(4)5/h55-61,66H,9-54H2,1-8H3,(H,71,72)(H,73,74)/t58?,59?,60-,61-/m1/s1. The van der Waals surface area contributed by atoms with Gasteiger partial charge >= 0.3 is 39.5 Å². The lowest BCUT2D eigenvalue weighted by Gasteiger charge is -2.21. The summed E-state index contributed by atoms with van der Waals surface area (Å²) in [6.07, 6.45) is 34.9. The van der Waals surface area contributed by atoms with Gasteiger partial charge in [-0.25, -0.2) is 9.13 Å². The van der Waals surface area contributed by atoms with E-state index in [0.717, 1.165) is 108 Å². The number of phosphoric acid groups is 2. The number of carbonyl (C=O) groups is 4. The van der Waals surface area contributed by atoms with Crippen LogP contribution in [0.3, 0.4) is 0 Å². The van der Waals surface area contributed by atoms with E-state index in [1.165, 1.54) is 109 Å². The molecule has 0 aliphatic heterocycles.